The number of anilines is 2. The van der Waals surface area contributed by atoms with Gasteiger partial charge in [0.2, 0.25) is 5.95 Å². The predicted molar refractivity (Wildman–Crippen MR) is 106 cm³/mol. The molecule has 7 heteroatoms. The summed E-state index contributed by atoms with van der Waals surface area (Å²) in [5.41, 5.74) is 8.92. The Morgan fingerprint density at radius 3 is 2.50 bits per heavy atom. The highest BCUT2D eigenvalue weighted by molar-refractivity contribution is 7.13. The predicted octanol–water partition coefficient (Wildman–Crippen LogP) is 3.73. The molecule has 0 aliphatic carbocycles. The quantitative estimate of drug-likeness (QED) is 0.601. The number of hydrogen-bond donors (Lipinski definition) is 1. The van der Waals surface area contributed by atoms with Gasteiger partial charge in [0.15, 0.2) is 5.65 Å². The van der Waals surface area contributed by atoms with Crippen LogP contribution in [0, 0.1) is 0 Å². The van der Waals surface area contributed by atoms with E-state index in [1.807, 2.05) is 36.4 Å². The van der Waals surface area contributed by atoms with E-state index in [0.29, 0.717) is 11.5 Å². The van der Waals surface area contributed by atoms with Gasteiger partial charge in [-0.2, -0.15) is 4.98 Å². The first-order valence-electron chi connectivity index (χ1n) is 8.72. The number of fused-ring (bicyclic) bond motifs is 1. The van der Waals surface area contributed by atoms with Crippen molar-refractivity contribution in [3.63, 3.8) is 0 Å². The van der Waals surface area contributed by atoms with Crippen molar-refractivity contribution in [2.24, 2.45) is 0 Å². The second-order valence-electron chi connectivity index (χ2n) is 6.37. The molecule has 1 aliphatic heterocycles. The number of benzene rings is 1. The van der Waals surface area contributed by atoms with Crippen LogP contribution in [0.1, 0.15) is 12.8 Å². The monoisotopic (exact) mass is 362 g/mol. The molecule has 4 aromatic rings. The van der Waals surface area contributed by atoms with Crippen LogP contribution in [-0.4, -0.2) is 32.8 Å². The molecule has 0 amide bonds. The van der Waals surface area contributed by atoms with E-state index in [-0.39, 0.29) is 0 Å². The molecule has 0 atom stereocenters. The molecule has 3 aromatic heterocycles. The average molecular weight is 362 g/mol. The van der Waals surface area contributed by atoms with Crippen LogP contribution in [0.3, 0.4) is 0 Å². The SMILES string of the molecule is Nc1c2c(-c3cccs3)nc(N3CCCC3)nc2nn1-c1ccccc1. The molecular formula is C19H18N6S. The van der Waals surface area contributed by atoms with E-state index >= 15 is 0 Å². The van der Waals surface area contributed by atoms with Crippen LogP contribution in [-0.2, 0) is 0 Å². The first kappa shape index (κ1) is 15.3. The van der Waals surface area contributed by atoms with Crippen molar-refractivity contribution < 1.29 is 0 Å². The fraction of sp³-hybridized carbons (Fsp3) is 0.211. The van der Waals surface area contributed by atoms with Crippen molar-refractivity contribution in [2.75, 3.05) is 23.7 Å². The van der Waals surface area contributed by atoms with E-state index in [2.05, 4.69) is 16.3 Å². The lowest BCUT2D eigenvalue weighted by Gasteiger charge is -2.15. The smallest absolute Gasteiger partial charge is 0.228 e. The molecule has 0 spiro atoms. The van der Waals surface area contributed by atoms with Crippen LogP contribution in [0.15, 0.2) is 47.8 Å². The van der Waals surface area contributed by atoms with Crippen LogP contribution in [0.5, 0.6) is 0 Å². The molecule has 2 N–H and O–H groups in total. The molecule has 4 heterocycles. The Bertz CT molecular complexity index is 1050. The molecule has 1 saturated heterocycles. The van der Waals surface area contributed by atoms with Gasteiger partial charge in [0.25, 0.3) is 0 Å². The summed E-state index contributed by atoms with van der Waals surface area (Å²) in [6.07, 6.45) is 2.35. The summed E-state index contributed by atoms with van der Waals surface area (Å²) in [7, 11) is 0. The highest BCUT2D eigenvalue weighted by atomic mass is 32.1. The summed E-state index contributed by atoms with van der Waals surface area (Å²) in [4.78, 5) is 12.9. The van der Waals surface area contributed by atoms with E-state index in [1.165, 1.54) is 12.8 Å². The Morgan fingerprint density at radius 2 is 1.77 bits per heavy atom. The van der Waals surface area contributed by atoms with Crippen LogP contribution < -0.4 is 10.6 Å². The summed E-state index contributed by atoms with van der Waals surface area (Å²) in [6, 6.07) is 14.0. The number of nitrogen functional groups attached to an aromatic ring is 1. The van der Waals surface area contributed by atoms with Crippen LogP contribution in [0.25, 0.3) is 27.3 Å². The number of thiophene rings is 1. The van der Waals surface area contributed by atoms with Crippen LogP contribution in [0.2, 0.25) is 0 Å². The molecule has 6 nitrogen and oxygen atoms in total. The molecule has 26 heavy (non-hydrogen) atoms. The van der Waals surface area contributed by atoms with Crippen molar-refractivity contribution in [2.45, 2.75) is 12.8 Å². The van der Waals surface area contributed by atoms with E-state index in [0.717, 1.165) is 40.7 Å². The topological polar surface area (TPSA) is 72.9 Å². The van der Waals surface area contributed by atoms with Crippen LogP contribution in [0.4, 0.5) is 11.8 Å². The summed E-state index contributed by atoms with van der Waals surface area (Å²) >= 11 is 1.65. The number of nitrogens with two attached hydrogens (primary N) is 1. The van der Waals surface area contributed by atoms with E-state index in [9.17, 15) is 0 Å². The van der Waals surface area contributed by atoms with Crippen molar-refractivity contribution in [3.05, 3.63) is 47.8 Å². The molecule has 1 fully saturated rings. The molecule has 0 radical (unpaired) electrons. The molecule has 0 unspecified atom stereocenters. The standard InChI is InChI=1S/C19H18N6S/c20-17-15-16(14-9-6-12-26-14)21-19(24-10-4-5-11-24)22-18(15)23-25(17)13-7-2-1-3-8-13/h1-3,6-9,12H,4-5,10-11,20H2. The highest BCUT2D eigenvalue weighted by Crippen LogP contribution is 2.35. The van der Waals surface area contributed by atoms with Crippen molar-refractivity contribution in [1.29, 1.82) is 0 Å². The third kappa shape index (κ3) is 2.43. The van der Waals surface area contributed by atoms with E-state index < -0.39 is 0 Å². The third-order valence-electron chi connectivity index (χ3n) is 4.70. The molecule has 130 valence electrons. The Balaban J connectivity index is 1.77. The van der Waals surface area contributed by atoms with Gasteiger partial charge in [-0.15, -0.1) is 16.4 Å². The number of para-hydroxylation sites is 1. The zero-order chi connectivity index (χ0) is 17.5. The Hall–Kier alpha value is -2.93. The Kier molecular flexibility index (Phi) is 3.60. The minimum Gasteiger partial charge on any atom is -0.383 e. The van der Waals surface area contributed by atoms with Crippen molar-refractivity contribution >= 4 is 34.1 Å². The van der Waals surface area contributed by atoms with Gasteiger partial charge in [-0.1, -0.05) is 24.3 Å². The number of aromatic nitrogens is 4. The lowest BCUT2D eigenvalue weighted by atomic mass is 10.2. The lowest BCUT2D eigenvalue weighted by molar-refractivity contribution is 0.884. The molecule has 1 aromatic carbocycles. The molecule has 5 rings (SSSR count). The summed E-state index contributed by atoms with van der Waals surface area (Å²) in [6.45, 7) is 1.98. The van der Waals surface area contributed by atoms with Gasteiger partial charge in [-0.3, -0.25) is 0 Å². The van der Waals surface area contributed by atoms with Gasteiger partial charge in [0.1, 0.15) is 5.82 Å². The van der Waals surface area contributed by atoms with Crippen LogP contribution >= 0.6 is 11.3 Å². The second-order valence-corrected chi connectivity index (χ2v) is 7.32. The van der Waals surface area contributed by atoms with Crippen molar-refractivity contribution in [1.82, 2.24) is 19.7 Å². The van der Waals surface area contributed by atoms with E-state index in [4.69, 9.17) is 20.8 Å². The van der Waals surface area contributed by atoms with Gasteiger partial charge in [0, 0.05) is 13.1 Å². The molecule has 0 saturated carbocycles. The fourth-order valence-corrected chi connectivity index (χ4v) is 4.14. The summed E-state index contributed by atoms with van der Waals surface area (Å²) in [5, 5.41) is 7.57. The fourth-order valence-electron chi connectivity index (χ4n) is 3.42. The molecule has 1 aliphatic rings. The van der Waals surface area contributed by atoms with Gasteiger partial charge in [-0.25, -0.2) is 9.67 Å². The van der Waals surface area contributed by atoms with Crippen molar-refractivity contribution in [3.8, 4) is 16.3 Å². The number of hydrogen-bond acceptors (Lipinski definition) is 6. The third-order valence-corrected chi connectivity index (χ3v) is 5.58. The minimum atomic E-state index is 0.572. The minimum absolute atomic E-state index is 0.572. The van der Waals surface area contributed by atoms with Gasteiger partial charge in [-0.05, 0) is 36.4 Å². The lowest BCUT2D eigenvalue weighted by Crippen LogP contribution is -2.20. The second kappa shape index (κ2) is 6.10. The van der Waals surface area contributed by atoms with E-state index in [1.54, 1.807) is 16.0 Å². The molecular weight excluding hydrogens is 344 g/mol. The summed E-state index contributed by atoms with van der Waals surface area (Å²) in [5.74, 6) is 1.32. The summed E-state index contributed by atoms with van der Waals surface area (Å²) < 4.78 is 1.75. The number of nitrogens with zero attached hydrogens (tertiary/aromatic N) is 5. The maximum atomic E-state index is 6.49. The average Bonchev–Trinajstić information content (AvgIpc) is 3.43. The highest BCUT2D eigenvalue weighted by Gasteiger charge is 2.23. The molecule has 0 bridgehead atoms. The van der Waals surface area contributed by atoms with Gasteiger partial charge >= 0.3 is 0 Å². The zero-order valence-electron chi connectivity index (χ0n) is 14.2. The first-order valence-corrected chi connectivity index (χ1v) is 9.60. The Morgan fingerprint density at radius 1 is 0.962 bits per heavy atom. The maximum absolute atomic E-state index is 6.49. The normalized spacial score (nSPS) is 14.4. The van der Waals surface area contributed by atoms with Gasteiger partial charge in [0.05, 0.1) is 21.6 Å². The maximum Gasteiger partial charge on any atom is 0.228 e. The van der Waals surface area contributed by atoms with Gasteiger partial charge < -0.3 is 10.6 Å². The zero-order valence-corrected chi connectivity index (χ0v) is 15.0. The largest absolute Gasteiger partial charge is 0.383 e. The first-order chi connectivity index (χ1) is 12.8. The number of rotatable bonds is 3. The Labute approximate surface area is 154 Å².